The Morgan fingerprint density at radius 2 is 1.84 bits per heavy atom. The van der Waals surface area contributed by atoms with E-state index in [4.69, 9.17) is 11.6 Å². The topological polar surface area (TPSA) is 77.0 Å². The highest BCUT2D eigenvalue weighted by atomic mass is 35.5. The van der Waals surface area contributed by atoms with Crippen molar-refractivity contribution in [3.8, 4) is 0 Å². The van der Waals surface area contributed by atoms with Gasteiger partial charge in [-0.2, -0.15) is 13.2 Å². The predicted octanol–water partition coefficient (Wildman–Crippen LogP) is 6.62. The molecule has 0 spiro atoms. The van der Waals surface area contributed by atoms with Crippen molar-refractivity contribution >= 4 is 46.4 Å². The van der Waals surface area contributed by atoms with Gasteiger partial charge in [-0.1, -0.05) is 11.6 Å². The molecule has 3 aromatic carbocycles. The molecule has 0 fully saturated rings. The number of anilines is 3. The number of rotatable bonds is 5. The van der Waals surface area contributed by atoms with Crippen LogP contribution in [0.3, 0.4) is 0 Å². The summed E-state index contributed by atoms with van der Waals surface area (Å²) < 4.78 is 125. The summed E-state index contributed by atoms with van der Waals surface area (Å²) >= 11 is 6.29. The zero-order valence-corrected chi connectivity index (χ0v) is 23.0. The lowest BCUT2D eigenvalue weighted by atomic mass is 9.94. The Labute approximate surface area is 252 Å². The molecule has 3 aliphatic heterocycles. The lowest BCUT2D eigenvalue weighted by molar-refractivity contribution is -0.137. The van der Waals surface area contributed by atoms with Crippen molar-refractivity contribution in [1.82, 2.24) is 5.32 Å². The zero-order valence-electron chi connectivity index (χ0n) is 22.3. The molecule has 0 aromatic heterocycles. The quantitative estimate of drug-likeness (QED) is 0.302. The molecule has 0 saturated carbocycles. The van der Waals surface area contributed by atoms with Gasteiger partial charge < -0.3 is 20.4 Å². The Bertz CT molecular complexity index is 1800. The molecule has 7 nitrogen and oxygen atoms in total. The SMILES string of the molecule is O=C(Nc1cc2c(c3c1C(c1cc(F)ccc1Cl)NC3=O)N1CC(F)(F)CN=C1N2CC(F)F)c1cc(F)cc(C(F)(F)F)c1. The molecule has 3 heterocycles. The van der Waals surface area contributed by atoms with E-state index in [0.717, 1.165) is 34.1 Å². The molecule has 236 valence electrons. The average Bonchev–Trinajstić information content (AvgIpc) is 3.42. The molecule has 17 heteroatoms. The molecule has 0 aliphatic carbocycles. The molecule has 2 amide bonds. The molecular weight excluding hydrogens is 645 g/mol. The summed E-state index contributed by atoms with van der Waals surface area (Å²) in [6.45, 7) is -3.17. The van der Waals surface area contributed by atoms with E-state index in [1.54, 1.807) is 0 Å². The Morgan fingerprint density at radius 3 is 2.53 bits per heavy atom. The highest BCUT2D eigenvalue weighted by molar-refractivity contribution is 6.31. The maximum Gasteiger partial charge on any atom is 0.416 e. The first-order valence-electron chi connectivity index (χ1n) is 13.0. The van der Waals surface area contributed by atoms with Gasteiger partial charge in [-0.25, -0.2) is 31.3 Å². The summed E-state index contributed by atoms with van der Waals surface area (Å²) in [5, 5.41) is 4.75. The molecule has 3 aliphatic rings. The van der Waals surface area contributed by atoms with Gasteiger partial charge in [0.1, 0.15) is 18.2 Å². The first-order valence-corrected chi connectivity index (χ1v) is 13.3. The van der Waals surface area contributed by atoms with Crippen molar-refractivity contribution in [3.05, 3.63) is 86.9 Å². The summed E-state index contributed by atoms with van der Waals surface area (Å²) in [4.78, 5) is 32.3. The van der Waals surface area contributed by atoms with Gasteiger partial charge in [0.2, 0.25) is 5.96 Å². The van der Waals surface area contributed by atoms with Gasteiger partial charge in [-0.3, -0.25) is 9.59 Å². The maximum atomic E-state index is 14.6. The van der Waals surface area contributed by atoms with E-state index in [9.17, 15) is 49.1 Å². The molecule has 45 heavy (non-hydrogen) atoms. The smallest absolute Gasteiger partial charge is 0.341 e. The maximum absolute atomic E-state index is 14.6. The largest absolute Gasteiger partial charge is 0.416 e. The minimum absolute atomic E-state index is 0.0513. The van der Waals surface area contributed by atoms with Gasteiger partial charge in [0.05, 0.1) is 41.6 Å². The van der Waals surface area contributed by atoms with Crippen LogP contribution in [0, 0.1) is 11.6 Å². The van der Waals surface area contributed by atoms with E-state index in [1.807, 2.05) is 0 Å². The fourth-order valence-electron chi connectivity index (χ4n) is 5.57. The van der Waals surface area contributed by atoms with E-state index >= 15 is 0 Å². The fraction of sp³-hybridized carbons (Fsp3) is 0.250. The van der Waals surface area contributed by atoms with Crippen LogP contribution < -0.4 is 20.4 Å². The third-order valence-corrected chi connectivity index (χ3v) is 7.67. The number of hydrogen-bond donors (Lipinski definition) is 2. The number of nitrogens with one attached hydrogen (secondary N) is 2. The number of carbonyl (C=O) groups is 2. The summed E-state index contributed by atoms with van der Waals surface area (Å²) in [5.41, 5.74) is -3.76. The molecular formula is C28H17ClF9N5O2. The van der Waals surface area contributed by atoms with E-state index < -0.39 is 78.8 Å². The summed E-state index contributed by atoms with van der Waals surface area (Å²) in [6, 6.07) is 3.88. The van der Waals surface area contributed by atoms with E-state index in [-0.39, 0.29) is 50.8 Å². The van der Waals surface area contributed by atoms with Crippen LogP contribution in [0.1, 0.15) is 43.4 Å². The van der Waals surface area contributed by atoms with E-state index in [1.165, 1.54) is 0 Å². The van der Waals surface area contributed by atoms with Crippen LogP contribution in [0.4, 0.5) is 56.6 Å². The van der Waals surface area contributed by atoms with Crippen LogP contribution >= 0.6 is 11.6 Å². The lowest BCUT2D eigenvalue weighted by Gasteiger charge is -2.31. The molecule has 3 aromatic rings. The Balaban J connectivity index is 1.57. The molecule has 0 saturated heterocycles. The molecule has 0 radical (unpaired) electrons. The first kappa shape index (κ1) is 30.6. The van der Waals surface area contributed by atoms with Crippen molar-refractivity contribution < 1.29 is 49.1 Å². The standard InChI is InChI=1S/C28H17ClF9N5O2/c29-16-2-1-13(30)6-15(16)22-20-17(40-24(44)11-3-12(28(36,37)38)5-14(31)4-11)7-18-23(21(20)25(45)41-22)43-10-27(34,35)9-39-26(43)42(18)8-19(32)33/h1-7,19,22H,8-10H2,(H,40,44)(H,41,45). The van der Waals surface area contributed by atoms with Gasteiger partial charge >= 0.3 is 6.18 Å². The predicted molar refractivity (Wildman–Crippen MR) is 144 cm³/mol. The number of fused-ring (bicyclic) bond motifs is 5. The Hall–Kier alpha value is -4.47. The van der Waals surface area contributed by atoms with Gasteiger partial charge in [0.15, 0.2) is 0 Å². The van der Waals surface area contributed by atoms with Gasteiger partial charge in [0.25, 0.3) is 24.2 Å². The fourth-order valence-corrected chi connectivity index (χ4v) is 5.79. The summed E-state index contributed by atoms with van der Waals surface area (Å²) in [7, 11) is 0. The zero-order chi connectivity index (χ0) is 32.6. The summed E-state index contributed by atoms with van der Waals surface area (Å²) in [6.07, 6.45) is -8.06. The van der Waals surface area contributed by atoms with Crippen molar-refractivity contribution in [1.29, 1.82) is 0 Å². The number of aliphatic imine (C=N–C) groups is 1. The number of guanidine groups is 1. The molecule has 1 unspecified atom stereocenters. The number of carbonyl (C=O) groups excluding carboxylic acids is 2. The number of benzene rings is 3. The molecule has 0 bridgehead atoms. The van der Waals surface area contributed by atoms with Gasteiger partial charge in [-0.15, -0.1) is 0 Å². The van der Waals surface area contributed by atoms with Crippen LogP contribution in [0.15, 0.2) is 47.5 Å². The van der Waals surface area contributed by atoms with Crippen LogP contribution in [-0.4, -0.2) is 49.8 Å². The number of nitrogens with zero attached hydrogens (tertiary/aromatic N) is 3. The summed E-state index contributed by atoms with van der Waals surface area (Å²) in [5.74, 6) is -8.20. The van der Waals surface area contributed by atoms with Crippen molar-refractivity contribution in [3.63, 3.8) is 0 Å². The van der Waals surface area contributed by atoms with Crippen LogP contribution in [0.25, 0.3) is 0 Å². The van der Waals surface area contributed by atoms with Gasteiger partial charge in [0, 0.05) is 27.4 Å². The van der Waals surface area contributed by atoms with E-state index in [0.29, 0.717) is 12.1 Å². The van der Waals surface area contributed by atoms with Crippen molar-refractivity contribution in [2.75, 3.05) is 34.8 Å². The van der Waals surface area contributed by atoms with E-state index in [2.05, 4.69) is 15.6 Å². The van der Waals surface area contributed by atoms with Gasteiger partial charge in [-0.05, 0) is 42.5 Å². The second-order valence-electron chi connectivity index (χ2n) is 10.4. The highest BCUT2D eigenvalue weighted by Crippen LogP contribution is 2.52. The number of halogens is 10. The molecule has 6 rings (SSSR count). The Morgan fingerprint density at radius 1 is 1.11 bits per heavy atom. The van der Waals surface area contributed by atoms with Crippen LogP contribution in [0.5, 0.6) is 0 Å². The average molecular weight is 662 g/mol. The number of amides is 2. The second-order valence-corrected chi connectivity index (χ2v) is 10.8. The third-order valence-electron chi connectivity index (χ3n) is 7.32. The molecule has 1 atom stereocenters. The minimum Gasteiger partial charge on any atom is -0.341 e. The first-order chi connectivity index (χ1) is 21.0. The van der Waals surface area contributed by atoms with Crippen LogP contribution in [-0.2, 0) is 6.18 Å². The normalized spacial score (nSPS) is 18.4. The molecule has 2 N–H and O–H groups in total. The minimum atomic E-state index is -5.02. The number of alkyl halides is 7. The Kier molecular flexibility index (Phi) is 7.17. The monoisotopic (exact) mass is 661 g/mol. The van der Waals surface area contributed by atoms with Crippen LogP contribution in [0.2, 0.25) is 5.02 Å². The number of hydrogen-bond acceptors (Lipinski definition) is 5. The lowest BCUT2D eigenvalue weighted by Crippen LogP contribution is -2.51. The second kappa shape index (κ2) is 10.6. The third kappa shape index (κ3) is 5.40. The van der Waals surface area contributed by atoms with Crippen molar-refractivity contribution in [2.24, 2.45) is 4.99 Å². The van der Waals surface area contributed by atoms with Crippen molar-refractivity contribution in [2.45, 2.75) is 24.6 Å². The highest BCUT2D eigenvalue weighted by Gasteiger charge is 2.49.